The lowest BCUT2D eigenvalue weighted by molar-refractivity contribution is 0.278. The molecule has 0 saturated carbocycles. The van der Waals surface area contributed by atoms with E-state index < -0.39 is 0 Å². The number of fused-ring (bicyclic) bond motifs is 1. The van der Waals surface area contributed by atoms with Crippen molar-refractivity contribution in [2.75, 3.05) is 11.9 Å². The van der Waals surface area contributed by atoms with Crippen LogP contribution in [0.25, 0.3) is 5.78 Å². The molecule has 2 aromatic heterocycles. The Morgan fingerprint density at radius 2 is 2.35 bits per heavy atom. The number of nitrogens with one attached hydrogen (secondary N) is 1. The summed E-state index contributed by atoms with van der Waals surface area (Å²) in [6.07, 6.45) is 3.14. The Hall–Kier alpha value is -1.69. The van der Waals surface area contributed by atoms with Crippen LogP contribution in [0, 0.1) is 6.92 Å². The van der Waals surface area contributed by atoms with E-state index in [0.29, 0.717) is 12.2 Å². The second kappa shape index (κ2) is 5.09. The zero-order chi connectivity index (χ0) is 12.3. The van der Waals surface area contributed by atoms with E-state index in [-0.39, 0.29) is 12.6 Å². The van der Waals surface area contributed by atoms with Gasteiger partial charge in [0.25, 0.3) is 5.78 Å². The molecular formula is C11H17N5O. The van der Waals surface area contributed by atoms with Crippen molar-refractivity contribution in [3.63, 3.8) is 0 Å². The topological polar surface area (TPSA) is 75.3 Å². The number of aromatic nitrogens is 4. The fraction of sp³-hybridized carbons (Fsp3) is 0.545. The number of hydrogen-bond donors (Lipinski definition) is 2. The number of aliphatic hydroxyl groups is 1. The molecule has 2 heterocycles. The third-order valence-corrected chi connectivity index (χ3v) is 2.70. The van der Waals surface area contributed by atoms with Crippen molar-refractivity contribution in [3.05, 3.63) is 18.1 Å². The van der Waals surface area contributed by atoms with Crippen molar-refractivity contribution < 1.29 is 5.11 Å². The molecule has 0 spiro atoms. The molecule has 0 amide bonds. The van der Waals surface area contributed by atoms with Crippen LogP contribution in [0.15, 0.2) is 12.4 Å². The van der Waals surface area contributed by atoms with E-state index in [2.05, 4.69) is 27.3 Å². The minimum Gasteiger partial charge on any atom is -0.396 e. The van der Waals surface area contributed by atoms with Gasteiger partial charge in [0.05, 0.1) is 0 Å². The Labute approximate surface area is 99.7 Å². The van der Waals surface area contributed by atoms with Gasteiger partial charge in [0.1, 0.15) is 12.1 Å². The smallest absolute Gasteiger partial charge is 0.254 e. The lowest BCUT2D eigenvalue weighted by Gasteiger charge is -2.17. The Bertz CT molecular complexity index is 496. The fourth-order valence-electron chi connectivity index (χ4n) is 1.78. The predicted molar refractivity (Wildman–Crippen MR) is 64.9 cm³/mol. The van der Waals surface area contributed by atoms with E-state index in [4.69, 9.17) is 5.11 Å². The van der Waals surface area contributed by atoms with Gasteiger partial charge in [-0.15, -0.1) is 0 Å². The standard InChI is InChI=1S/C11H17N5O/c1-3-9(4-5-17)15-10-6-8(2)14-11-12-7-13-16(10)11/h6-7,9,15,17H,3-5H2,1-2H3. The SMILES string of the molecule is CCC(CCO)Nc1cc(C)nc2ncnn12. The summed E-state index contributed by atoms with van der Waals surface area (Å²) in [6.45, 7) is 4.18. The number of anilines is 1. The summed E-state index contributed by atoms with van der Waals surface area (Å²) in [5.74, 6) is 1.46. The molecule has 2 aromatic rings. The van der Waals surface area contributed by atoms with Crippen LogP contribution in [0.2, 0.25) is 0 Å². The zero-order valence-corrected chi connectivity index (χ0v) is 10.1. The highest BCUT2D eigenvalue weighted by Crippen LogP contribution is 2.13. The molecule has 0 saturated heterocycles. The molecule has 2 rings (SSSR count). The van der Waals surface area contributed by atoms with E-state index in [1.165, 1.54) is 6.33 Å². The average Bonchev–Trinajstić information content (AvgIpc) is 2.76. The molecule has 0 fully saturated rings. The van der Waals surface area contributed by atoms with E-state index in [0.717, 1.165) is 17.9 Å². The fourth-order valence-corrected chi connectivity index (χ4v) is 1.78. The molecule has 92 valence electrons. The number of aliphatic hydroxyl groups excluding tert-OH is 1. The van der Waals surface area contributed by atoms with Gasteiger partial charge in [-0.3, -0.25) is 0 Å². The van der Waals surface area contributed by atoms with Crippen molar-refractivity contribution in [2.45, 2.75) is 32.7 Å². The van der Waals surface area contributed by atoms with Crippen LogP contribution in [-0.2, 0) is 0 Å². The lowest BCUT2D eigenvalue weighted by atomic mass is 10.1. The summed E-state index contributed by atoms with van der Waals surface area (Å²) in [6, 6.07) is 2.16. The van der Waals surface area contributed by atoms with Crippen molar-refractivity contribution >= 4 is 11.6 Å². The third-order valence-electron chi connectivity index (χ3n) is 2.70. The molecular weight excluding hydrogens is 218 g/mol. The van der Waals surface area contributed by atoms with Crippen molar-refractivity contribution in [3.8, 4) is 0 Å². The van der Waals surface area contributed by atoms with Gasteiger partial charge in [-0.25, -0.2) is 4.98 Å². The minimum atomic E-state index is 0.177. The molecule has 0 aliphatic carbocycles. The first-order chi connectivity index (χ1) is 8.24. The molecule has 0 aliphatic rings. The van der Waals surface area contributed by atoms with Crippen LogP contribution < -0.4 is 5.32 Å². The van der Waals surface area contributed by atoms with Gasteiger partial charge in [0.2, 0.25) is 0 Å². The summed E-state index contributed by atoms with van der Waals surface area (Å²) in [5.41, 5.74) is 0.895. The number of nitrogens with zero attached hydrogens (tertiary/aromatic N) is 4. The van der Waals surface area contributed by atoms with Crippen molar-refractivity contribution in [1.82, 2.24) is 19.6 Å². The van der Waals surface area contributed by atoms with Crippen molar-refractivity contribution in [2.24, 2.45) is 0 Å². The zero-order valence-electron chi connectivity index (χ0n) is 10.1. The van der Waals surface area contributed by atoms with Crippen LogP contribution in [0.4, 0.5) is 5.82 Å². The van der Waals surface area contributed by atoms with Gasteiger partial charge in [-0.05, 0) is 19.8 Å². The first-order valence-corrected chi connectivity index (χ1v) is 5.79. The van der Waals surface area contributed by atoms with Gasteiger partial charge >= 0.3 is 0 Å². The van der Waals surface area contributed by atoms with Crippen LogP contribution in [0.5, 0.6) is 0 Å². The van der Waals surface area contributed by atoms with Gasteiger partial charge in [-0.1, -0.05) is 6.92 Å². The van der Waals surface area contributed by atoms with Gasteiger partial charge in [0, 0.05) is 24.4 Å². The van der Waals surface area contributed by atoms with Crippen LogP contribution >= 0.6 is 0 Å². The highest BCUT2D eigenvalue weighted by atomic mass is 16.3. The molecule has 6 heteroatoms. The van der Waals surface area contributed by atoms with Gasteiger partial charge in [-0.2, -0.15) is 14.6 Å². The Kier molecular flexibility index (Phi) is 3.53. The quantitative estimate of drug-likeness (QED) is 0.808. The Morgan fingerprint density at radius 3 is 3.06 bits per heavy atom. The highest BCUT2D eigenvalue weighted by molar-refractivity contribution is 5.45. The summed E-state index contributed by atoms with van der Waals surface area (Å²) in [4.78, 5) is 8.35. The average molecular weight is 235 g/mol. The first kappa shape index (κ1) is 11.8. The van der Waals surface area contributed by atoms with Crippen LogP contribution in [-0.4, -0.2) is 37.3 Å². The molecule has 0 aliphatic heterocycles. The van der Waals surface area contributed by atoms with E-state index in [1.807, 2.05) is 13.0 Å². The maximum absolute atomic E-state index is 8.99. The highest BCUT2D eigenvalue weighted by Gasteiger charge is 2.10. The normalized spacial score (nSPS) is 12.9. The molecule has 1 unspecified atom stereocenters. The lowest BCUT2D eigenvalue weighted by Crippen LogP contribution is -2.22. The molecule has 1 atom stereocenters. The molecule has 17 heavy (non-hydrogen) atoms. The third kappa shape index (κ3) is 2.52. The second-order valence-electron chi connectivity index (χ2n) is 4.02. The van der Waals surface area contributed by atoms with Gasteiger partial charge < -0.3 is 10.4 Å². The number of aryl methyl sites for hydroxylation is 1. The molecule has 0 radical (unpaired) electrons. The minimum absolute atomic E-state index is 0.177. The molecule has 0 aromatic carbocycles. The maximum Gasteiger partial charge on any atom is 0.254 e. The monoisotopic (exact) mass is 235 g/mol. The number of hydrogen-bond acceptors (Lipinski definition) is 5. The largest absolute Gasteiger partial charge is 0.396 e. The molecule has 0 bridgehead atoms. The van der Waals surface area contributed by atoms with E-state index in [1.54, 1.807) is 4.52 Å². The van der Waals surface area contributed by atoms with Crippen LogP contribution in [0.3, 0.4) is 0 Å². The number of rotatable bonds is 5. The van der Waals surface area contributed by atoms with E-state index >= 15 is 0 Å². The maximum atomic E-state index is 8.99. The predicted octanol–water partition coefficient (Wildman–Crippen LogP) is 1.01. The molecule has 6 nitrogen and oxygen atoms in total. The van der Waals surface area contributed by atoms with Crippen molar-refractivity contribution in [1.29, 1.82) is 0 Å². The Balaban J connectivity index is 2.30. The van der Waals surface area contributed by atoms with E-state index in [9.17, 15) is 0 Å². The van der Waals surface area contributed by atoms with Crippen LogP contribution in [0.1, 0.15) is 25.5 Å². The summed E-state index contributed by atoms with van der Waals surface area (Å²) >= 11 is 0. The Morgan fingerprint density at radius 1 is 1.53 bits per heavy atom. The second-order valence-corrected chi connectivity index (χ2v) is 4.02. The summed E-state index contributed by atoms with van der Waals surface area (Å²) in [7, 11) is 0. The summed E-state index contributed by atoms with van der Waals surface area (Å²) in [5, 5.41) is 16.5. The first-order valence-electron chi connectivity index (χ1n) is 5.79. The summed E-state index contributed by atoms with van der Waals surface area (Å²) < 4.78 is 1.67. The molecule has 2 N–H and O–H groups in total. The van der Waals surface area contributed by atoms with Gasteiger partial charge in [0.15, 0.2) is 0 Å².